The topological polar surface area (TPSA) is 60.3 Å². The van der Waals surface area contributed by atoms with E-state index in [9.17, 15) is 39.5 Å². The van der Waals surface area contributed by atoms with E-state index in [-0.39, 0.29) is 15.7 Å². The van der Waals surface area contributed by atoms with Crippen LogP contribution in [0.1, 0.15) is 11.4 Å². The lowest BCUT2D eigenvalue weighted by Crippen LogP contribution is -2.05. The van der Waals surface area contributed by atoms with Gasteiger partial charge in [-0.05, 0) is 58.4 Å². The molecular weight excluding hydrogens is 865 g/mol. The largest absolute Gasteiger partial charge is 0.354 e. The molecule has 0 radical (unpaired) electrons. The maximum atomic E-state index is 15.6. The molecule has 0 fully saturated rings. The Balaban J connectivity index is 1.67. The van der Waals surface area contributed by atoms with Crippen LogP contribution in [0, 0.1) is 87.3 Å². The van der Waals surface area contributed by atoms with Gasteiger partial charge in [0.1, 0.15) is 0 Å². The van der Waals surface area contributed by atoms with Crippen LogP contribution in [-0.4, -0.2) is 19.9 Å². The van der Waals surface area contributed by atoms with Gasteiger partial charge in [0.15, 0.2) is 69.8 Å². The lowest BCUT2D eigenvalue weighted by molar-refractivity contribution is 0.381. The van der Waals surface area contributed by atoms with Gasteiger partial charge in [-0.15, -0.1) is 0 Å². The standard InChI is InChI=1S/C37H10BrF15N4/c38-8-7-15-9-1-2-10(54-9)16(19-22(39)28(45)34(51)29(46)23(19)40)11-3-4-12(55-11)17(20-24(41)30(47)35(52)31(48)25(20)42)13-5-6-14(56-13)18(37(8)57-15)21-26(43)32(49)36(53)33(50)27(21)44/h1-7,54-56H. The van der Waals surface area contributed by atoms with E-state index >= 15 is 26.3 Å². The second-order valence-electron chi connectivity index (χ2n) is 12.2. The SMILES string of the molecule is Fc1c(F)c(F)c(-c2c3nc(c4ccc([nH]4)c(-c4c(F)c(F)c(F)c(F)c4F)c4ccc([nH]4)c(-c4c(F)c(F)c(F)c(F)c4F)c4ccc2[nH]4)C=C3Br)c(F)c1F. The molecule has 1 aliphatic heterocycles. The summed E-state index contributed by atoms with van der Waals surface area (Å²) >= 11 is 3.10. The third-order valence-electron chi connectivity index (χ3n) is 9.02. The average molecular weight is 875 g/mol. The Hall–Kier alpha value is -6.18. The van der Waals surface area contributed by atoms with Crippen molar-refractivity contribution in [2.24, 2.45) is 0 Å². The molecule has 4 nitrogen and oxygen atoms in total. The summed E-state index contributed by atoms with van der Waals surface area (Å²) in [6, 6.07) is 5.62. The third kappa shape index (κ3) is 5.43. The van der Waals surface area contributed by atoms with E-state index in [0.717, 1.165) is 42.5 Å². The molecule has 8 bridgehead atoms. The Morgan fingerprint density at radius 2 is 0.561 bits per heavy atom. The predicted molar refractivity (Wildman–Crippen MR) is 179 cm³/mol. The van der Waals surface area contributed by atoms with E-state index in [0.29, 0.717) is 0 Å². The van der Waals surface area contributed by atoms with E-state index in [1.165, 1.54) is 0 Å². The molecule has 57 heavy (non-hydrogen) atoms. The van der Waals surface area contributed by atoms with Crippen molar-refractivity contribution in [3.05, 3.63) is 135 Å². The zero-order valence-electron chi connectivity index (χ0n) is 27.0. The number of hydrogen-bond acceptors (Lipinski definition) is 1. The van der Waals surface area contributed by atoms with Gasteiger partial charge in [0.2, 0.25) is 17.5 Å². The highest BCUT2D eigenvalue weighted by molar-refractivity contribution is 9.15. The molecule has 0 unspecified atom stereocenters. The quantitative estimate of drug-likeness (QED) is 0.0924. The number of benzene rings is 3. The van der Waals surface area contributed by atoms with Crippen LogP contribution >= 0.6 is 15.9 Å². The molecule has 20 heteroatoms. The number of aromatic nitrogens is 4. The van der Waals surface area contributed by atoms with Crippen LogP contribution in [0.15, 0.2) is 36.4 Å². The minimum atomic E-state index is -2.60. The van der Waals surface area contributed by atoms with Gasteiger partial charge in [0, 0.05) is 48.8 Å². The van der Waals surface area contributed by atoms with E-state index in [4.69, 9.17) is 0 Å². The van der Waals surface area contributed by atoms with Gasteiger partial charge in [-0.1, -0.05) is 0 Å². The Kier molecular flexibility index (Phi) is 8.74. The van der Waals surface area contributed by atoms with Crippen LogP contribution in [0.4, 0.5) is 65.9 Å². The van der Waals surface area contributed by atoms with Crippen LogP contribution in [0.3, 0.4) is 0 Å². The van der Waals surface area contributed by atoms with Gasteiger partial charge in [0.05, 0.1) is 33.6 Å². The average Bonchev–Trinajstić information content (AvgIpc) is 4.03. The minimum absolute atomic E-state index is 0.141. The molecule has 0 amide bonds. The van der Waals surface area contributed by atoms with Gasteiger partial charge in [-0.3, -0.25) is 0 Å². The molecule has 3 aromatic carbocycles. The first-order valence-corrected chi connectivity index (χ1v) is 16.3. The molecule has 5 heterocycles. The fraction of sp³-hybridized carbons (Fsp3) is 0. The maximum Gasteiger partial charge on any atom is 0.200 e. The Morgan fingerprint density at radius 1 is 0.316 bits per heavy atom. The number of nitrogens with zero attached hydrogens (tertiary/aromatic N) is 1. The van der Waals surface area contributed by atoms with Crippen LogP contribution in [0.25, 0.3) is 77.0 Å². The molecule has 0 atom stereocenters. The second-order valence-corrected chi connectivity index (χ2v) is 13.0. The van der Waals surface area contributed by atoms with Crippen LogP contribution in [0.2, 0.25) is 0 Å². The molecule has 0 spiro atoms. The van der Waals surface area contributed by atoms with Crippen LogP contribution in [-0.2, 0) is 0 Å². The number of aromatic amines is 3. The van der Waals surface area contributed by atoms with Crippen molar-refractivity contribution in [1.29, 1.82) is 0 Å². The van der Waals surface area contributed by atoms with Crippen molar-refractivity contribution >= 4 is 59.6 Å². The normalized spacial score (nSPS) is 12.3. The van der Waals surface area contributed by atoms with Gasteiger partial charge < -0.3 is 15.0 Å². The highest BCUT2D eigenvalue weighted by Gasteiger charge is 2.33. The molecule has 290 valence electrons. The number of H-pyrrole nitrogens is 3. The summed E-state index contributed by atoms with van der Waals surface area (Å²) in [6.07, 6.45) is 1.13. The number of hydrogen-bond donors (Lipinski definition) is 3. The summed E-state index contributed by atoms with van der Waals surface area (Å²) < 4.78 is 224. The molecule has 4 aromatic heterocycles. The Labute approximate surface area is 313 Å². The zero-order chi connectivity index (χ0) is 41.1. The lowest BCUT2D eigenvalue weighted by atomic mass is 10.0. The lowest BCUT2D eigenvalue weighted by Gasteiger charge is -2.11. The van der Waals surface area contributed by atoms with Crippen molar-refractivity contribution < 1.29 is 65.9 Å². The number of fused-ring (bicyclic) bond motifs is 9. The summed E-state index contributed by atoms with van der Waals surface area (Å²) in [7, 11) is 0. The number of rotatable bonds is 3. The van der Waals surface area contributed by atoms with E-state index in [2.05, 4.69) is 35.9 Å². The summed E-state index contributed by atoms with van der Waals surface area (Å²) in [5.41, 5.74) is -11.6. The van der Waals surface area contributed by atoms with Crippen molar-refractivity contribution in [2.75, 3.05) is 0 Å². The minimum Gasteiger partial charge on any atom is -0.354 e. The Morgan fingerprint density at radius 3 is 0.895 bits per heavy atom. The first-order chi connectivity index (χ1) is 26.9. The van der Waals surface area contributed by atoms with E-state index in [1.807, 2.05) is 0 Å². The number of halogens is 16. The van der Waals surface area contributed by atoms with Crippen molar-refractivity contribution in [3.8, 4) is 33.4 Å². The highest BCUT2D eigenvalue weighted by Crippen LogP contribution is 2.44. The first kappa shape index (κ1) is 37.7. The second kappa shape index (κ2) is 13.2. The molecule has 7 aromatic rings. The van der Waals surface area contributed by atoms with Crippen LogP contribution in [0.5, 0.6) is 0 Å². The summed E-state index contributed by atoms with van der Waals surface area (Å²) in [6.45, 7) is 0. The third-order valence-corrected chi connectivity index (χ3v) is 9.62. The highest BCUT2D eigenvalue weighted by atomic mass is 79.9. The maximum absolute atomic E-state index is 15.6. The molecule has 0 saturated carbocycles. The summed E-state index contributed by atoms with van der Waals surface area (Å²) in [5, 5.41) is 0. The molecule has 1 aliphatic rings. The van der Waals surface area contributed by atoms with Gasteiger partial charge >= 0.3 is 0 Å². The van der Waals surface area contributed by atoms with Crippen molar-refractivity contribution in [3.63, 3.8) is 0 Å². The van der Waals surface area contributed by atoms with Crippen LogP contribution < -0.4 is 0 Å². The number of nitrogens with one attached hydrogen (secondary N) is 3. The van der Waals surface area contributed by atoms with Gasteiger partial charge in [-0.2, -0.15) is 0 Å². The zero-order valence-corrected chi connectivity index (χ0v) is 28.6. The molecule has 8 rings (SSSR count). The molecule has 0 saturated heterocycles. The monoisotopic (exact) mass is 874 g/mol. The van der Waals surface area contributed by atoms with Crippen molar-refractivity contribution in [2.45, 2.75) is 0 Å². The first-order valence-electron chi connectivity index (χ1n) is 15.5. The Bertz CT molecular complexity index is 3020. The fourth-order valence-corrected chi connectivity index (χ4v) is 6.96. The summed E-state index contributed by atoms with van der Waals surface area (Å²) in [5.74, 6) is -36.6. The fourth-order valence-electron chi connectivity index (χ4n) is 6.45. The van der Waals surface area contributed by atoms with Gasteiger partial charge in [0.25, 0.3) is 0 Å². The molecular formula is C37H10BrF15N4. The molecule has 0 aliphatic carbocycles. The van der Waals surface area contributed by atoms with Gasteiger partial charge in [-0.25, -0.2) is 70.8 Å². The molecule has 3 N–H and O–H groups in total. The smallest absolute Gasteiger partial charge is 0.200 e. The van der Waals surface area contributed by atoms with Crippen molar-refractivity contribution in [1.82, 2.24) is 19.9 Å². The predicted octanol–water partition coefficient (Wildman–Crippen LogP) is 12.5. The van der Waals surface area contributed by atoms with E-state index in [1.54, 1.807) is 0 Å². The van der Waals surface area contributed by atoms with E-state index < -0.39 is 154 Å². The summed E-state index contributed by atoms with van der Waals surface area (Å²) in [4.78, 5) is 11.7.